The van der Waals surface area contributed by atoms with E-state index in [2.05, 4.69) is 20.9 Å². The number of pyridine rings is 1. The molecule has 0 saturated heterocycles. The van der Waals surface area contributed by atoms with Gasteiger partial charge in [0.05, 0.1) is 0 Å². The fourth-order valence-electron chi connectivity index (χ4n) is 3.94. The summed E-state index contributed by atoms with van der Waals surface area (Å²) >= 11 is 0. The highest BCUT2D eigenvalue weighted by Gasteiger charge is 2.34. The summed E-state index contributed by atoms with van der Waals surface area (Å²) in [5.74, 6) is 0.480. The fourth-order valence-corrected chi connectivity index (χ4v) is 3.94. The number of nitrogens with zero attached hydrogens (tertiary/aromatic N) is 2. The fraction of sp³-hybridized carbons (Fsp3) is 0.364. The zero-order valence-corrected chi connectivity index (χ0v) is 17.0. The molecule has 0 bridgehead atoms. The Morgan fingerprint density at radius 1 is 1.06 bits per heavy atom. The van der Waals surface area contributed by atoms with Gasteiger partial charge in [-0.2, -0.15) is 13.2 Å². The molecule has 31 heavy (non-hydrogen) atoms. The second kappa shape index (κ2) is 8.49. The van der Waals surface area contributed by atoms with Crippen LogP contribution in [0.1, 0.15) is 41.7 Å². The van der Waals surface area contributed by atoms with Gasteiger partial charge < -0.3 is 16.0 Å². The standard InChI is InChI=1S/C22H24F3N5O/c1-26-17-5-2-4-14(12-17)21(31)28-16-10-8-15(9-11-16)27-19-6-3-7-20-29-18(13-30(19)20)22(23,24)25/h2-7,12-13,15-16,26-27H,8-11H2,1H3,(H,28,31). The van der Waals surface area contributed by atoms with E-state index in [1.54, 1.807) is 31.3 Å². The van der Waals surface area contributed by atoms with Gasteiger partial charge in [-0.05, 0) is 56.0 Å². The molecule has 1 aromatic carbocycles. The first-order valence-corrected chi connectivity index (χ1v) is 10.2. The Hall–Kier alpha value is -3.23. The zero-order valence-electron chi connectivity index (χ0n) is 17.0. The van der Waals surface area contributed by atoms with Crippen LogP contribution in [-0.4, -0.2) is 34.4 Å². The molecule has 2 aromatic heterocycles. The molecule has 2 heterocycles. The van der Waals surface area contributed by atoms with E-state index in [0.717, 1.165) is 37.6 Å². The number of aromatic nitrogens is 2. The number of fused-ring (bicyclic) bond motifs is 1. The normalized spacial score (nSPS) is 19.2. The Kier molecular flexibility index (Phi) is 5.75. The topological polar surface area (TPSA) is 70.5 Å². The molecule has 0 aliphatic heterocycles. The molecule has 3 N–H and O–H groups in total. The molecular weight excluding hydrogens is 407 g/mol. The van der Waals surface area contributed by atoms with E-state index in [-0.39, 0.29) is 23.6 Å². The van der Waals surface area contributed by atoms with Crippen molar-refractivity contribution < 1.29 is 18.0 Å². The van der Waals surface area contributed by atoms with Crippen LogP contribution in [0.25, 0.3) is 5.65 Å². The number of carbonyl (C=O) groups excluding carboxylic acids is 1. The van der Waals surface area contributed by atoms with Crippen molar-refractivity contribution >= 4 is 23.1 Å². The minimum Gasteiger partial charge on any atom is -0.388 e. The number of halogens is 3. The number of rotatable bonds is 5. The molecular formula is C22H24F3N5O. The minimum absolute atomic E-state index is 0.0738. The Morgan fingerprint density at radius 3 is 2.48 bits per heavy atom. The predicted octanol–water partition coefficient (Wildman–Crippen LogP) is 4.55. The van der Waals surface area contributed by atoms with Crippen LogP contribution in [0.15, 0.2) is 48.7 Å². The maximum atomic E-state index is 13.0. The number of alkyl halides is 3. The molecule has 1 amide bonds. The number of anilines is 2. The number of hydrogen-bond donors (Lipinski definition) is 3. The first-order chi connectivity index (χ1) is 14.8. The quantitative estimate of drug-likeness (QED) is 0.555. The first-order valence-electron chi connectivity index (χ1n) is 10.2. The lowest BCUT2D eigenvalue weighted by Crippen LogP contribution is -2.40. The monoisotopic (exact) mass is 431 g/mol. The van der Waals surface area contributed by atoms with Gasteiger partial charge in [0, 0.05) is 36.6 Å². The molecule has 3 aromatic rings. The van der Waals surface area contributed by atoms with Crippen LogP contribution in [0, 0.1) is 0 Å². The lowest BCUT2D eigenvalue weighted by molar-refractivity contribution is -0.140. The van der Waals surface area contributed by atoms with E-state index < -0.39 is 11.9 Å². The number of nitrogens with one attached hydrogen (secondary N) is 3. The van der Waals surface area contributed by atoms with Crippen molar-refractivity contribution in [2.75, 3.05) is 17.7 Å². The van der Waals surface area contributed by atoms with Gasteiger partial charge in [-0.15, -0.1) is 0 Å². The highest BCUT2D eigenvalue weighted by molar-refractivity contribution is 5.95. The number of amides is 1. The van der Waals surface area contributed by atoms with Gasteiger partial charge in [0.25, 0.3) is 5.91 Å². The summed E-state index contributed by atoms with van der Waals surface area (Å²) in [4.78, 5) is 16.2. The van der Waals surface area contributed by atoms with Crippen molar-refractivity contribution in [2.24, 2.45) is 0 Å². The Labute approximate surface area is 177 Å². The molecule has 0 radical (unpaired) electrons. The minimum atomic E-state index is -4.48. The van der Waals surface area contributed by atoms with Crippen molar-refractivity contribution in [3.05, 3.63) is 59.9 Å². The highest BCUT2D eigenvalue weighted by Crippen LogP contribution is 2.30. The van der Waals surface area contributed by atoms with Crippen LogP contribution in [0.4, 0.5) is 24.7 Å². The molecule has 0 spiro atoms. The largest absolute Gasteiger partial charge is 0.434 e. The van der Waals surface area contributed by atoms with Crippen LogP contribution in [0.3, 0.4) is 0 Å². The molecule has 1 fully saturated rings. The molecule has 0 atom stereocenters. The maximum absolute atomic E-state index is 13.0. The third-order valence-electron chi connectivity index (χ3n) is 5.61. The number of hydrogen-bond acceptors (Lipinski definition) is 4. The molecule has 0 unspecified atom stereocenters. The molecule has 1 saturated carbocycles. The molecule has 1 aliphatic carbocycles. The molecule has 4 rings (SSSR count). The van der Waals surface area contributed by atoms with Gasteiger partial charge in [-0.1, -0.05) is 12.1 Å². The predicted molar refractivity (Wildman–Crippen MR) is 113 cm³/mol. The van der Waals surface area contributed by atoms with Gasteiger partial charge in [0.15, 0.2) is 5.69 Å². The average Bonchev–Trinajstić information content (AvgIpc) is 3.21. The summed E-state index contributed by atoms with van der Waals surface area (Å²) in [6.07, 6.45) is -0.266. The maximum Gasteiger partial charge on any atom is 0.434 e. The van der Waals surface area contributed by atoms with E-state index in [4.69, 9.17) is 0 Å². The lowest BCUT2D eigenvalue weighted by Gasteiger charge is -2.30. The molecule has 164 valence electrons. The number of benzene rings is 1. The number of carbonyl (C=O) groups is 1. The van der Waals surface area contributed by atoms with Crippen molar-refractivity contribution in [1.29, 1.82) is 0 Å². The van der Waals surface area contributed by atoms with E-state index >= 15 is 0 Å². The van der Waals surface area contributed by atoms with Crippen LogP contribution in [-0.2, 0) is 6.18 Å². The van der Waals surface area contributed by atoms with E-state index in [0.29, 0.717) is 11.4 Å². The molecule has 1 aliphatic rings. The molecule has 9 heteroatoms. The van der Waals surface area contributed by atoms with Crippen molar-refractivity contribution in [3.8, 4) is 0 Å². The van der Waals surface area contributed by atoms with E-state index in [1.165, 1.54) is 4.40 Å². The van der Waals surface area contributed by atoms with Gasteiger partial charge >= 0.3 is 6.18 Å². The molecule has 6 nitrogen and oxygen atoms in total. The van der Waals surface area contributed by atoms with Crippen LogP contribution >= 0.6 is 0 Å². The highest BCUT2D eigenvalue weighted by atomic mass is 19.4. The second-order valence-corrected chi connectivity index (χ2v) is 7.76. The van der Waals surface area contributed by atoms with Gasteiger partial charge in [-0.25, -0.2) is 4.98 Å². The van der Waals surface area contributed by atoms with Gasteiger partial charge in [-0.3, -0.25) is 9.20 Å². The van der Waals surface area contributed by atoms with Crippen molar-refractivity contribution in [1.82, 2.24) is 14.7 Å². The van der Waals surface area contributed by atoms with E-state index in [1.807, 2.05) is 18.2 Å². The van der Waals surface area contributed by atoms with Crippen LogP contribution in [0.2, 0.25) is 0 Å². The summed E-state index contributed by atoms with van der Waals surface area (Å²) < 4.78 is 40.4. The SMILES string of the molecule is CNc1cccc(C(=O)NC2CCC(Nc3cccc4nc(C(F)(F)F)cn34)CC2)c1. The van der Waals surface area contributed by atoms with Crippen LogP contribution in [0.5, 0.6) is 0 Å². The Balaban J connectivity index is 1.36. The van der Waals surface area contributed by atoms with Crippen molar-refractivity contribution in [2.45, 2.75) is 43.9 Å². The average molecular weight is 431 g/mol. The Morgan fingerprint density at radius 2 is 1.77 bits per heavy atom. The summed E-state index contributed by atoms with van der Waals surface area (Å²) in [6.45, 7) is 0. The van der Waals surface area contributed by atoms with Crippen LogP contribution < -0.4 is 16.0 Å². The van der Waals surface area contributed by atoms with Crippen molar-refractivity contribution in [3.63, 3.8) is 0 Å². The third-order valence-corrected chi connectivity index (χ3v) is 5.61. The smallest absolute Gasteiger partial charge is 0.388 e. The zero-order chi connectivity index (χ0) is 22.0. The third kappa shape index (κ3) is 4.76. The summed E-state index contributed by atoms with van der Waals surface area (Å²) in [5.41, 5.74) is 0.833. The van der Waals surface area contributed by atoms with Gasteiger partial charge in [0.1, 0.15) is 11.5 Å². The first kappa shape index (κ1) is 21.0. The van der Waals surface area contributed by atoms with E-state index in [9.17, 15) is 18.0 Å². The summed E-state index contributed by atoms with van der Waals surface area (Å²) in [5, 5.41) is 9.45. The summed E-state index contributed by atoms with van der Waals surface area (Å²) in [7, 11) is 1.81. The summed E-state index contributed by atoms with van der Waals surface area (Å²) in [6, 6.07) is 12.5. The Bertz CT molecular complexity index is 1070. The van der Waals surface area contributed by atoms with Gasteiger partial charge in [0.2, 0.25) is 0 Å². The number of imidazole rings is 1. The lowest BCUT2D eigenvalue weighted by atomic mass is 9.91. The second-order valence-electron chi connectivity index (χ2n) is 7.76.